The normalized spacial score (nSPS) is 14.8. The molecule has 4 nitrogen and oxygen atoms in total. The summed E-state index contributed by atoms with van der Waals surface area (Å²) in [5.74, 6) is 0. The van der Waals surface area contributed by atoms with Gasteiger partial charge in [0.1, 0.15) is 0 Å². The summed E-state index contributed by atoms with van der Waals surface area (Å²) in [4.78, 5) is 0. The fraction of sp³-hybridized carbons (Fsp3) is 0.769. The van der Waals surface area contributed by atoms with E-state index < -0.39 is 0 Å². The third kappa shape index (κ3) is 4.88. The summed E-state index contributed by atoms with van der Waals surface area (Å²) < 4.78 is 7.24. The summed E-state index contributed by atoms with van der Waals surface area (Å²) in [7, 11) is 3.79. The second kappa shape index (κ2) is 7.45. The van der Waals surface area contributed by atoms with Crippen LogP contribution >= 0.6 is 0 Å². The molecule has 1 aromatic rings. The minimum absolute atomic E-state index is 0.337. The van der Waals surface area contributed by atoms with E-state index in [4.69, 9.17) is 4.74 Å². The lowest BCUT2D eigenvalue weighted by Crippen LogP contribution is -2.28. The summed E-state index contributed by atoms with van der Waals surface area (Å²) in [6, 6.07) is 0.502. The molecular formula is C13H25N3O. The van der Waals surface area contributed by atoms with Gasteiger partial charge in [-0.3, -0.25) is 4.68 Å². The number of ether oxygens (including phenoxy) is 1. The molecule has 4 heteroatoms. The standard InChI is InChI=1S/C13H25N3O/c1-5-16-10-12(9-15-16)8-13(14-3)7-6-11(2)17-4/h9-11,13-14H,5-8H2,1-4H3. The smallest absolute Gasteiger partial charge is 0.0543 e. The van der Waals surface area contributed by atoms with Crippen LogP contribution in [-0.2, 0) is 17.7 Å². The molecule has 1 heterocycles. The van der Waals surface area contributed by atoms with Gasteiger partial charge in [0, 0.05) is 25.9 Å². The quantitative estimate of drug-likeness (QED) is 0.752. The van der Waals surface area contributed by atoms with E-state index in [1.54, 1.807) is 7.11 Å². The van der Waals surface area contributed by atoms with Crippen molar-refractivity contribution in [3.8, 4) is 0 Å². The fourth-order valence-corrected chi connectivity index (χ4v) is 1.87. The van der Waals surface area contributed by atoms with Gasteiger partial charge in [0.25, 0.3) is 0 Å². The summed E-state index contributed by atoms with van der Waals surface area (Å²) >= 11 is 0. The number of hydrogen-bond acceptors (Lipinski definition) is 3. The Morgan fingerprint density at radius 2 is 2.24 bits per heavy atom. The van der Waals surface area contributed by atoms with E-state index in [0.29, 0.717) is 12.1 Å². The molecule has 1 rings (SSSR count). The molecule has 0 aromatic carbocycles. The van der Waals surface area contributed by atoms with Crippen LogP contribution in [0.15, 0.2) is 12.4 Å². The molecule has 0 amide bonds. The van der Waals surface area contributed by atoms with E-state index in [1.165, 1.54) is 5.56 Å². The number of hydrogen-bond donors (Lipinski definition) is 1. The maximum atomic E-state index is 5.27. The highest BCUT2D eigenvalue weighted by Crippen LogP contribution is 2.09. The highest BCUT2D eigenvalue weighted by molar-refractivity contribution is 5.06. The minimum atomic E-state index is 0.337. The van der Waals surface area contributed by atoms with Crippen molar-refractivity contribution in [3.05, 3.63) is 18.0 Å². The Hall–Kier alpha value is -0.870. The molecule has 0 radical (unpaired) electrons. The Bertz CT molecular complexity index is 311. The highest BCUT2D eigenvalue weighted by atomic mass is 16.5. The molecule has 0 saturated carbocycles. The first-order valence-corrected chi connectivity index (χ1v) is 6.41. The first-order chi connectivity index (χ1) is 8.19. The number of likely N-dealkylation sites (N-methyl/N-ethyl adjacent to an activating group) is 1. The number of methoxy groups -OCH3 is 1. The first-order valence-electron chi connectivity index (χ1n) is 6.41. The molecule has 98 valence electrons. The lowest BCUT2D eigenvalue weighted by Gasteiger charge is -2.17. The van der Waals surface area contributed by atoms with Crippen molar-refractivity contribution < 1.29 is 4.74 Å². The highest BCUT2D eigenvalue weighted by Gasteiger charge is 2.10. The van der Waals surface area contributed by atoms with Crippen LogP contribution in [0.1, 0.15) is 32.3 Å². The van der Waals surface area contributed by atoms with Crippen molar-refractivity contribution in [2.75, 3.05) is 14.2 Å². The predicted molar refractivity (Wildman–Crippen MR) is 70.2 cm³/mol. The van der Waals surface area contributed by atoms with Gasteiger partial charge in [-0.25, -0.2) is 0 Å². The van der Waals surface area contributed by atoms with E-state index in [2.05, 4.69) is 30.5 Å². The van der Waals surface area contributed by atoms with Crippen molar-refractivity contribution in [3.63, 3.8) is 0 Å². The van der Waals surface area contributed by atoms with Crippen LogP contribution in [0.25, 0.3) is 0 Å². The first kappa shape index (κ1) is 14.2. The molecule has 1 N–H and O–H groups in total. The Balaban J connectivity index is 2.40. The molecule has 0 aliphatic heterocycles. The predicted octanol–water partition coefficient (Wildman–Crippen LogP) is 1.85. The van der Waals surface area contributed by atoms with Crippen molar-refractivity contribution in [2.24, 2.45) is 0 Å². The SMILES string of the molecule is CCn1cc(CC(CCC(C)OC)NC)cn1. The molecule has 0 fully saturated rings. The number of aryl methyl sites for hydroxylation is 1. The van der Waals surface area contributed by atoms with Gasteiger partial charge in [0.05, 0.1) is 12.3 Å². The molecule has 0 bridgehead atoms. The van der Waals surface area contributed by atoms with Crippen LogP contribution in [0, 0.1) is 0 Å². The summed E-state index contributed by atoms with van der Waals surface area (Å²) in [6.45, 7) is 5.15. The van der Waals surface area contributed by atoms with E-state index in [9.17, 15) is 0 Å². The Morgan fingerprint density at radius 3 is 2.76 bits per heavy atom. The zero-order valence-electron chi connectivity index (χ0n) is 11.4. The van der Waals surface area contributed by atoms with Gasteiger partial charge in [-0.05, 0) is 45.7 Å². The second-order valence-corrected chi connectivity index (χ2v) is 4.52. The van der Waals surface area contributed by atoms with Crippen molar-refractivity contribution in [2.45, 2.75) is 51.8 Å². The topological polar surface area (TPSA) is 39.1 Å². The van der Waals surface area contributed by atoms with Gasteiger partial charge in [-0.1, -0.05) is 0 Å². The number of nitrogens with zero attached hydrogens (tertiary/aromatic N) is 2. The molecular weight excluding hydrogens is 214 g/mol. The van der Waals surface area contributed by atoms with Gasteiger partial charge in [-0.2, -0.15) is 5.10 Å². The molecule has 1 aromatic heterocycles. The average molecular weight is 239 g/mol. The van der Waals surface area contributed by atoms with Crippen LogP contribution < -0.4 is 5.32 Å². The molecule has 0 saturated heterocycles. The van der Waals surface area contributed by atoms with Gasteiger partial charge >= 0.3 is 0 Å². The largest absolute Gasteiger partial charge is 0.382 e. The molecule has 2 unspecified atom stereocenters. The number of aromatic nitrogens is 2. The van der Waals surface area contributed by atoms with Crippen LogP contribution in [0.3, 0.4) is 0 Å². The van der Waals surface area contributed by atoms with Crippen molar-refractivity contribution in [1.82, 2.24) is 15.1 Å². The Kier molecular flexibility index (Phi) is 6.22. The second-order valence-electron chi connectivity index (χ2n) is 4.52. The molecule has 17 heavy (non-hydrogen) atoms. The van der Waals surface area contributed by atoms with Gasteiger partial charge < -0.3 is 10.1 Å². The minimum Gasteiger partial charge on any atom is -0.382 e. The van der Waals surface area contributed by atoms with Gasteiger partial charge in [0.2, 0.25) is 0 Å². The lowest BCUT2D eigenvalue weighted by molar-refractivity contribution is 0.106. The van der Waals surface area contributed by atoms with E-state index >= 15 is 0 Å². The summed E-state index contributed by atoms with van der Waals surface area (Å²) in [5.41, 5.74) is 1.30. The molecule has 0 aliphatic carbocycles. The van der Waals surface area contributed by atoms with E-state index in [1.807, 2.05) is 17.9 Å². The average Bonchev–Trinajstić information content (AvgIpc) is 2.81. The van der Waals surface area contributed by atoms with Crippen LogP contribution in [0.4, 0.5) is 0 Å². The Morgan fingerprint density at radius 1 is 1.47 bits per heavy atom. The zero-order chi connectivity index (χ0) is 12.7. The fourth-order valence-electron chi connectivity index (χ4n) is 1.87. The molecule has 0 spiro atoms. The number of nitrogens with one attached hydrogen (secondary N) is 1. The van der Waals surface area contributed by atoms with Crippen LogP contribution in [0.5, 0.6) is 0 Å². The monoisotopic (exact) mass is 239 g/mol. The lowest BCUT2D eigenvalue weighted by atomic mass is 10.0. The van der Waals surface area contributed by atoms with Crippen molar-refractivity contribution in [1.29, 1.82) is 0 Å². The number of rotatable bonds is 8. The zero-order valence-corrected chi connectivity index (χ0v) is 11.4. The van der Waals surface area contributed by atoms with E-state index in [0.717, 1.165) is 25.8 Å². The maximum absolute atomic E-state index is 5.27. The van der Waals surface area contributed by atoms with Crippen LogP contribution in [-0.4, -0.2) is 36.1 Å². The maximum Gasteiger partial charge on any atom is 0.0543 e. The van der Waals surface area contributed by atoms with Crippen molar-refractivity contribution >= 4 is 0 Å². The third-order valence-electron chi connectivity index (χ3n) is 3.23. The third-order valence-corrected chi connectivity index (χ3v) is 3.23. The Labute approximate surface area is 104 Å². The molecule has 2 atom stereocenters. The van der Waals surface area contributed by atoms with Gasteiger partial charge in [-0.15, -0.1) is 0 Å². The van der Waals surface area contributed by atoms with E-state index in [-0.39, 0.29) is 0 Å². The van der Waals surface area contributed by atoms with Gasteiger partial charge in [0.15, 0.2) is 0 Å². The summed E-state index contributed by atoms with van der Waals surface area (Å²) in [5, 5.41) is 7.66. The molecule has 0 aliphatic rings. The summed E-state index contributed by atoms with van der Waals surface area (Å²) in [6.07, 6.45) is 7.68. The van der Waals surface area contributed by atoms with Crippen LogP contribution in [0.2, 0.25) is 0 Å².